The summed E-state index contributed by atoms with van der Waals surface area (Å²) < 4.78 is 41.0. The molecule has 1 aliphatic carbocycles. The Kier molecular flexibility index (Phi) is 12.7. The number of nitrogens with one attached hydrogen (secondary N) is 3. The number of alkyl carbamates (subject to hydrolysis) is 1. The molecule has 5 atom stereocenters. The molecule has 2 saturated heterocycles. The number of amides is 5. The Morgan fingerprint density at radius 1 is 1.04 bits per heavy atom. The molecule has 17 heteroatoms. The molecule has 0 aromatic heterocycles. The number of hydrogen-bond donors (Lipinski definition) is 3. The third-order valence-corrected chi connectivity index (χ3v) is 12.1. The van der Waals surface area contributed by atoms with Crippen molar-refractivity contribution in [1.29, 1.82) is 0 Å². The molecule has 0 bridgehead atoms. The van der Waals surface area contributed by atoms with Crippen molar-refractivity contribution in [1.82, 2.24) is 29.5 Å². The van der Waals surface area contributed by atoms with Gasteiger partial charge in [-0.1, -0.05) is 44.2 Å². The van der Waals surface area contributed by atoms with Crippen LogP contribution in [0.25, 0.3) is 0 Å². The van der Waals surface area contributed by atoms with E-state index in [0.717, 1.165) is 46.8 Å². The van der Waals surface area contributed by atoms with Gasteiger partial charge in [0.1, 0.15) is 29.3 Å². The first-order valence-corrected chi connectivity index (χ1v) is 20.6. The minimum Gasteiger partial charge on any atom is -0.444 e. The predicted octanol–water partition coefficient (Wildman–Crippen LogP) is 3.17. The van der Waals surface area contributed by atoms with Crippen molar-refractivity contribution in [3.8, 4) is 0 Å². The molecule has 1 aromatic rings. The van der Waals surface area contributed by atoms with Gasteiger partial charge >= 0.3 is 22.4 Å². The number of nitrogens with zero attached hydrogens (tertiary/aromatic N) is 4. The Labute approximate surface area is 324 Å². The molecule has 3 aliphatic heterocycles. The van der Waals surface area contributed by atoms with Crippen molar-refractivity contribution in [2.45, 2.75) is 121 Å². The van der Waals surface area contributed by atoms with Gasteiger partial charge in [-0.05, 0) is 63.3 Å². The Morgan fingerprint density at radius 3 is 2.36 bits per heavy atom. The van der Waals surface area contributed by atoms with Crippen LogP contribution in [0.5, 0.6) is 0 Å². The highest BCUT2D eigenvalue weighted by Gasteiger charge is 2.61. The fourth-order valence-corrected chi connectivity index (χ4v) is 8.36. The van der Waals surface area contributed by atoms with Gasteiger partial charge in [-0.2, -0.15) is 12.7 Å². The highest BCUT2D eigenvalue weighted by molar-refractivity contribution is 7.87. The number of fused-ring (bicyclic) bond motifs is 2. The lowest BCUT2D eigenvalue weighted by Crippen LogP contribution is -2.59. The van der Waals surface area contributed by atoms with Crippen LogP contribution in [0, 0.1) is 5.92 Å². The largest absolute Gasteiger partial charge is 0.444 e. The number of carbonyl (C=O) groups excluding carboxylic acids is 5. The van der Waals surface area contributed by atoms with Gasteiger partial charge in [0.05, 0.1) is 6.54 Å². The molecule has 55 heavy (non-hydrogen) atoms. The second-order valence-electron chi connectivity index (χ2n) is 16.3. The fourth-order valence-electron chi connectivity index (χ4n) is 7.42. The number of rotatable bonds is 4. The maximum absolute atomic E-state index is 14.5. The zero-order valence-electron chi connectivity index (χ0n) is 32.9. The lowest BCUT2D eigenvalue weighted by Gasteiger charge is -2.30. The van der Waals surface area contributed by atoms with E-state index in [9.17, 15) is 32.4 Å². The molecular formula is C38H57N7O9S. The lowest BCUT2D eigenvalue weighted by atomic mass is 10.0. The summed E-state index contributed by atoms with van der Waals surface area (Å²) in [5.74, 6) is -2.77. The quantitative estimate of drug-likeness (QED) is 0.383. The maximum atomic E-state index is 14.5. The van der Waals surface area contributed by atoms with Gasteiger partial charge in [-0.3, -0.25) is 19.3 Å². The highest BCUT2D eigenvalue weighted by Crippen LogP contribution is 2.45. The van der Waals surface area contributed by atoms with E-state index in [2.05, 4.69) is 21.9 Å². The molecule has 0 radical (unpaired) electrons. The van der Waals surface area contributed by atoms with E-state index in [4.69, 9.17) is 9.47 Å². The fraction of sp³-hybridized carbons (Fsp3) is 0.658. The molecule has 3 heterocycles. The van der Waals surface area contributed by atoms with Crippen molar-refractivity contribution in [3.05, 3.63) is 42.0 Å². The van der Waals surface area contributed by atoms with Crippen LogP contribution in [0.15, 0.2) is 30.9 Å². The summed E-state index contributed by atoms with van der Waals surface area (Å²) in [6, 6.07) is 3.70. The zero-order chi connectivity index (χ0) is 40.3. The summed E-state index contributed by atoms with van der Waals surface area (Å²) in [5, 5.41) is 5.47. The third kappa shape index (κ3) is 10.1. The van der Waals surface area contributed by atoms with E-state index in [1.807, 2.05) is 37.2 Å². The van der Waals surface area contributed by atoms with Crippen molar-refractivity contribution >= 4 is 45.8 Å². The van der Waals surface area contributed by atoms with Crippen LogP contribution in [0.2, 0.25) is 0 Å². The third-order valence-electron chi connectivity index (χ3n) is 10.7. The summed E-state index contributed by atoms with van der Waals surface area (Å²) in [6.07, 6.45) is 3.74. The Balaban J connectivity index is 1.41. The molecule has 5 amide bonds. The first kappa shape index (κ1) is 41.8. The molecule has 1 aromatic carbocycles. The molecule has 3 N–H and O–H groups in total. The van der Waals surface area contributed by atoms with E-state index in [0.29, 0.717) is 25.9 Å². The second-order valence-corrected chi connectivity index (χ2v) is 18.1. The minimum absolute atomic E-state index is 0.0917. The smallest absolute Gasteiger partial charge is 0.410 e. The van der Waals surface area contributed by atoms with Crippen LogP contribution in [0.1, 0.15) is 89.7 Å². The van der Waals surface area contributed by atoms with Gasteiger partial charge in [0, 0.05) is 58.8 Å². The zero-order valence-corrected chi connectivity index (χ0v) is 33.7. The standard InChI is InChI=1S/C38H57N7O9S/c1-8-27-21-38(27)34(48)41-55(51,52)43(7)18-14-12-10-9-11-13-15-30(39-35(49)54-37(2,3)4)33(47)45-24-29(20-31(45)32(46)40-38)53-36(50)44-22-25-16-17-28(42(5)6)19-26(25)23-44/h8,16-17,19,27,29-31H,1,9-15,18,20-24H2,2-7H3,(H,39,49)(H,40,46)(H,41,48)/t27-,29-,30+,31+,38-/m1/s1. The summed E-state index contributed by atoms with van der Waals surface area (Å²) >= 11 is 0. The van der Waals surface area contributed by atoms with Crippen LogP contribution < -0.4 is 20.3 Å². The second kappa shape index (κ2) is 16.8. The van der Waals surface area contributed by atoms with Crippen molar-refractivity contribution in [3.63, 3.8) is 0 Å². The minimum atomic E-state index is -4.22. The van der Waals surface area contributed by atoms with Gasteiger partial charge < -0.3 is 29.9 Å². The van der Waals surface area contributed by atoms with Gasteiger partial charge in [0.25, 0.3) is 5.91 Å². The monoisotopic (exact) mass is 787 g/mol. The van der Waals surface area contributed by atoms with E-state index in [1.165, 1.54) is 18.0 Å². The van der Waals surface area contributed by atoms with Gasteiger partial charge in [-0.15, -0.1) is 6.58 Å². The number of hydrogen-bond acceptors (Lipinski definition) is 10. The summed E-state index contributed by atoms with van der Waals surface area (Å²) in [7, 11) is 1.04. The normalized spacial score (nSPS) is 28.1. The average molecular weight is 788 g/mol. The van der Waals surface area contributed by atoms with Crippen LogP contribution in [-0.4, -0.2) is 116 Å². The van der Waals surface area contributed by atoms with Crippen LogP contribution in [0.3, 0.4) is 0 Å². The maximum Gasteiger partial charge on any atom is 0.410 e. The van der Waals surface area contributed by atoms with Crippen LogP contribution in [0.4, 0.5) is 15.3 Å². The van der Waals surface area contributed by atoms with Crippen LogP contribution >= 0.6 is 0 Å². The van der Waals surface area contributed by atoms with Gasteiger partial charge in [0.15, 0.2) is 0 Å². The predicted molar refractivity (Wildman–Crippen MR) is 205 cm³/mol. The SMILES string of the molecule is C=C[C@@H]1C[C@@]12NC(=O)[C@@H]1C[C@@H](OC(=O)N3Cc4ccc(N(C)C)cc4C3)CN1C(=O)[C@@H](NC(=O)OC(C)(C)C)CCCCCCCCN(C)S(=O)(=O)NC2=O. The summed E-state index contributed by atoms with van der Waals surface area (Å²) in [5.41, 5.74) is 0.519. The summed E-state index contributed by atoms with van der Waals surface area (Å²) in [6.45, 7) is 9.62. The molecule has 1 saturated carbocycles. The number of ether oxygens (including phenoxy) is 2. The van der Waals surface area contributed by atoms with Crippen molar-refractivity contribution in [2.24, 2.45) is 5.92 Å². The van der Waals surface area contributed by atoms with E-state index < -0.39 is 75.4 Å². The van der Waals surface area contributed by atoms with E-state index in [-0.39, 0.29) is 32.4 Å². The van der Waals surface area contributed by atoms with Gasteiger partial charge in [0.2, 0.25) is 11.8 Å². The Bertz CT molecular complexity index is 1760. The molecule has 4 aliphatic rings. The lowest BCUT2D eigenvalue weighted by molar-refractivity contribution is -0.141. The molecule has 5 rings (SSSR count). The van der Waals surface area contributed by atoms with Crippen molar-refractivity contribution < 1.29 is 41.9 Å². The molecule has 304 valence electrons. The molecular weight excluding hydrogens is 731 g/mol. The Hall–Kier alpha value is -4.38. The average Bonchev–Trinajstić information content (AvgIpc) is 3.41. The molecule has 1 spiro atoms. The number of carbonyl (C=O) groups is 5. The molecule has 0 unspecified atom stereocenters. The first-order valence-electron chi connectivity index (χ1n) is 19.1. The van der Waals surface area contributed by atoms with E-state index in [1.54, 1.807) is 25.7 Å². The topological polar surface area (TPSA) is 187 Å². The number of anilines is 1. The van der Waals surface area contributed by atoms with E-state index >= 15 is 0 Å². The highest BCUT2D eigenvalue weighted by atomic mass is 32.2. The first-order chi connectivity index (χ1) is 25.8. The van der Waals surface area contributed by atoms with Gasteiger partial charge in [-0.25, -0.2) is 14.3 Å². The molecule has 3 fully saturated rings. The Morgan fingerprint density at radius 2 is 1.71 bits per heavy atom. The van der Waals surface area contributed by atoms with Crippen LogP contribution in [-0.2, 0) is 47.2 Å². The number of benzene rings is 1. The molecule has 16 nitrogen and oxygen atoms in total. The van der Waals surface area contributed by atoms with Crippen molar-refractivity contribution in [2.75, 3.05) is 39.1 Å². The summed E-state index contributed by atoms with van der Waals surface area (Å²) in [4.78, 5) is 73.8.